The van der Waals surface area contributed by atoms with Gasteiger partial charge in [0.1, 0.15) is 17.0 Å². The number of aromatic nitrogens is 3. The van der Waals surface area contributed by atoms with Crippen LogP contribution in [0.1, 0.15) is 30.1 Å². The normalized spacial score (nSPS) is 17.8. The number of allylic oxidation sites excluding steroid dienone is 6. The van der Waals surface area contributed by atoms with Crippen LogP contribution in [-0.2, 0) is 0 Å². The van der Waals surface area contributed by atoms with Crippen molar-refractivity contribution < 1.29 is 4.42 Å². The molecule has 61 heavy (non-hydrogen) atoms. The molecule has 0 bridgehead atoms. The van der Waals surface area contributed by atoms with E-state index in [1.165, 1.54) is 16.2 Å². The van der Waals surface area contributed by atoms with Crippen LogP contribution in [0.25, 0.3) is 88.2 Å². The third-order valence-corrected chi connectivity index (χ3v) is 12.6. The smallest absolute Gasteiger partial charge is 0.164 e. The molecule has 10 aromatic rings. The Morgan fingerprint density at radius 2 is 1.23 bits per heavy atom. The second-order valence-electron chi connectivity index (χ2n) is 15.7. The first-order valence-corrected chi connectivity index (χ1v) is 21.4. The van der Waals surface area contributed by atoms with Crippen LogP contribution in [0.5, 0.6) is 0 Å². The van der Waals surface area contributed by atoms with Crippen molar-refractivity contribution in [2.45, 2.75) is 18.8 Å². The molecule has 0 N–H and O–H groups in total. The summed E-state index contributed by atoms with van der Waals surface area (Å²) in [6.07, 6.45) is 11.0. The van der Waals surface area contributed by atoms with Crippen LogP contribution < -0.4 is 0 Å². The van der Waals surface area contributed by atoms with Gasteiger partial charge in [-0.3, -0.25) is 0 Å². The lowest BCUT2D eigenvalue weighted by atomic mass is 9.82. The molecule has 0 saturated heterocycles. The number of nitrogens with zero attached hydrogens (tertiary/aromatic N) is 3. The molecule has 3 heterocycles. The van der Waals surface area contributed by atoms with E-state index in [1.807, 2.05) is 18.2 Å². The predicted octanol–water partition coefficient (Wildman–Crippen LogP) is 15.4. The van der Waals surface area contributed by atoms with Crippen LogP contribution in [0, 0.1) is 0 Å². The van der Waals surface area contributed by atoms with Gasteiger partial charge >= 0.3 is 0 Å². The highest BCUT2D eigenvalue weighted by Gasteiger charge is 2.28. The molecule has 0 fully saturated rings. The summed E-state index contributed by atoms with van der Waals surface area (Å²) in [5, 5.41) is 9.13. The predicted molar refractivity (Wildman–Crippen MR) is 257 cm³/mol. The van der Waals surface area contributed by atoms with Crippen LogP contribution >= 0.6 is 11.8 Å². The lowest BCUT2D eigenvalue weighted by molar-refractivity contribution is 0.661. The molecule has 5 heteroatoms. The molecule has 0 spiro atoms. The zero-order valence-electron chi connectivity index (χ0n) is 33.5. The summed E-state index contributed by atoms with van der Waals surface area (Å²) >= 11 is 1.66. The van der Waals surface area contributed by atoms with Crippen molar-refractivity contribution >= 4 is 66.0 Å². The Labute approximate surface area is 358 Å². The van der Waals surface area contributed by atoms with E-state index < -0.39 is 0 Å². The third kappa shape index (κ3) is 6.93. The van der Waals surface area contributed by atoms with E-state index in [9.17, 15) is 0 Å². The number of thioether (sulfide) groups is 1. The maximum Gasteiger partial charge on any atom is 0.164 e. The number of furan rings is 1. The summed E-state index contributed by atoms with van der Waals surface area (Å²) in [6, 6.07) is 57.8. The van der Waals surface area contributed by atoms with Gasteiger partial charge in [0.15, 0.2) is 11.6 Å². The highest BCUT2D eigenvalue weighted by atomic mass is 32.2. The molecule has 0 aliphatic carbocycles. The average molecular weight is 802 g/mol. The molecule has 0 amide bonds. The molecule has 8 aromatic carbocycles. The molecule has 290 valence electrons. The van der Waals surface area contributed by atoms with Gasteiger partial charge in [-0.15, -0.1) is 0 Å². The minimum atomic E-state index is -0.312. The van der Waals surface area contributed by atoms with E-state index in [0.29, 0.717) is 17.5 Å². The van der Waals surface area contributed by atoms with Crippen molar-refractivity contribution in [2.24, 2.45) is 0 Å². The largest absolute Gasteiger partial charge is 0.456 e. The lowest BCUT2D eigenvalue weighted by Gasteiger charge is -2.24. The molecule has 11 rings (SSSR count). The van der Waals surface area contributed by atoms with E-state index in [2.05, 4.69) is 189 Å². The molecule has 2 atom stereocenters. The minimum absolute atomic E-state index is 0.210. The standard InChI is InChI=1S/C56H39N3OS/c1-35-14-12-24-46(44-32-49(43-28-27-37-15-6-7-19-40(37)30-43)53-50-31-41-20-8-9-21-42(41)33-51(50)60-52(53)34-44)48(29-26-36(2)61-35)56-58-54(39-17-4-3-5-18-39)57-55(59-56)47-25-13-22-38-16-10-11-23-45(38)47/h3-34,46,48H,2H2,1H3/b24-12-,29-26-,35-14+. The van der Waals surface area contributed by atoms with Crippen molar-refractivity contribution in [2.75, 3.05) is 0 Å². The summed E-state index contributed by atoms with van der Waals surface area (Å²) in [4.78, 5) is 18.0. The summed E-state index contributed by atoms with van der Waals surface area (Å²) < 4.78 is 6.90. The van der Waals surface area contributed by atoms with Crippen LogP contribution in [0.3, 0.4) is 0 Å². The summed E-state index contributed by atoms with van der Waals surface area (Å²) in [5.74, 6) is 1.41. The number of rotatable bonds is 5. The Morgan fingerprint density at radius 3 is 2.07 bits per heavy atom. The minimum Gasteiger partial charge on any atom is -0.456 e. The van der Waals surface area contributed by atoms with E-state index in [0.717, 1.165) is 75.7 Å². The van der Waals surface area contributed by atoms with Gasteiger partial charge in [0, 0.05) is 38.6 Å². The van der Waals surface area contributed by atoms with Gasteiger partial charge in [0.25, 0.3) is 0 Å². The summed E-state index contributed by atoms with van der Waals surface area (Å²) in [6.45, 7) is 6.56. The van der Waals surface area contributed by atoms with Crippen LogP contribution in [0.15, 0.2) is 215 Å². The Bertz CT molecular complexity index is 3450. The van der Waals surface area contributed by atoms with E-state index in [4.69, 9.17) is 19.4 Å². The van der Waals surface area contributed by atoms with Gasteiger partial charge < -0.3 is 4.42 Å². The number of hydrogen-bond acceptors (Lipinski definition) is 5. The average Bonchev–Trinajstić information content (AvgIpc) is 3.66. The number of fused-ring (bicyclic) bond motifs is 6. The van der Waals surface area contributed by atoms with Crippen molar-refractivity contribution in [3.8, 4) is 33.9 Å². The fraction of sp³-hybridized carbons (Fsp3) is 0.0536. The van der Waals surface area contributed by atoms with E-state index in [1.54, 1.807) is 11.8 Å². The Hall–Kier alpha value is -7.34. The Balaban J connectivity index is 1.18. The van der Waals surface area contributed by atoms with Crippen molar-refractivity contribution in [1.82, 2.24) is 15.0 Å². The van der Waals surface area contributed by atoms with Crippen LogP contribution in [-0.4, -0.2) is 15.0 Å². The fourth-order valence-corrected chi connectivity index (χ4v) is 9.50. The van der Waals surface area contributed by atoms with Crippen LogP contribution in [0.4, 0.5) is 0 Å². The molecule has 0 saturated carbocycles. The molecular formula is C56H39N3OS. The second-order valence-corrected chi connectivity index (χ2v) is 17.0. The number of benzene rings is 8. The summed E-state index contributed by atoms with van der Waals surface area (Å²) in [7, 11) is 0. The third-order valence-electron chi connectivity index (χ3n) is 11.7. The highest BCUT2D eigenvalue weighted by molar-refractivity contribution is 8.06. The Kier molecular flexibility index (Phi) is 9.24. The zero-order valence-corrected chi connectivity index (χ0v) is 34.3. The SMILES string of the molecule is C=C1/C=C\C(c2nc(-c3ccccc3)nc(-c3cccc4ccccc34)n2)C(c2cc(-c3ccc4ccccc4c3)c3c(c2)oc2cc4ccccc4cc23)/C=C\C=C(/C)S1. The molecule has 1 aliphatic heterocycles. The van der Waals surface area contributed by atoms with Crippen molar-refractivity contribution in [3.05, 3.63) is 222 Å². The maximum atomic E-state index is 6.90. The van der Waals surface area contributed by atoms with Gasteiger partial charge in [-0.1, -0.05) is 182 Å². The topological polar surface area (TPSA) is 51.8 Å². The molecule has 4 nitrogen and oxygen atoms in total. The summed E-state index contributed by atoms with van der Waals surface area (Å²) in [5.41, 5.74) is 6.92. The first-order chi connectivity index (χ1) is 30.0. The Morgan fingerprint density at radius 1 is 0.525 bits per heavy atom. The van der Waals surface area contributed by atoms with E-state index >= 15 is 0 Å². The zero-order chi connectivity index (χ0) is 40.9. The quantitative estimate of drug-likeness (QED) is 0.173. The first-order valence-electron chi connectivity index (χ1n) is 20.6. The lowest BCUT2D eigenvalue weighted by Crippen LogP contribution is -2.14. The van der Waals surface area contributed by atoms with Gasteiger partial charge in [0.2, 0.25) is 0 Å². The molecule has 0 radical (unpaired) electrons. The molecular weight excluding hydrogens is 763 g/mol. The van der Waals surface area contributed by atoms with Crippen molar-refractivity contribution in [1.29, 1.82) is 0 Å². The molecule has 1 aliphatic rings. The second kappa shape index (κ2) is 15.4. The monoisotopic (exact) mass is 801 g/mol. The van der Waals surface area contributed by atoms with Gasteiger partial charge in [-0.25, -0.2) is 15.0 Å². The fourth-order valence-electron chi connectivity index (χ4n) is 8.79. The first kappa shape index (κ1) is 36.7. The highest BCUT2D eigenvalue weighted by Crippen LogP contribution is 2.45. The van der Waals surface area contributed by atoms with Gasteiger partial charge in [0.05, 0.1) is 0 Å². The molecule has 2 unspecified atom stereocenters. The number of hydrogen-bond donors (Lipinski definition) is 0. The maximum absolute atomic E-state index is 6.90. The van der Waals surface area contributed by atoms with Crippen LogP contribution in [0.2, 0.25) is 0 Å². The van der Waals surface area contributed by atoms with Gasteiger partial charge in [-0.2, -0.15) is 0 Å². The molecule has 2 aromatic heterocycles. The van der Waals surface area contributed by atoms with E-state index in [-0.39, 0.29) is 11.8 Å². The van der Waals surface area contributed by atoms with Gasteiger partial charge in [-0.05, 0) is 91.2 Å². The van der Waals surface area contributed by atoms with Crippen molar-refractivity contribution in [3.63, 3.8) is 0 Å².